The molecule has 10 nitrogen and oxygen atoms in total. The summed E-state index contributed by atoms with van der Waals surface area (Å²) in [5, 5.41) is 4.98. The maximum Gasteiger partial charge on any atom is 0.265 e. The van der Waals surface area contributed by atoms with Crippen molar-refractivity contribution in [2.75, 3.05) is 27.9 Å². The minimum absolute atomic E-state index is 0.232. The molecular weight excluding hydrogens is 436 g/mol. The summed E-state index contributed by atoms with van der Waals surface area (Å²) in [6, 6.07) is 13.0. The Morgan fingerprint density at radius 1 is 0.971 bits per heavy atom. The van der Waals surface area contributed by atoms with Crippen LogP contribution < -0.4 is 15.0 Å². The van der Waals surface area contributed by atoms with E-state index in [-0.39, 0.29) is 5.56 Å². The van der Waals surface area contributed by atoms with Gasteiger partial charge >= 0.3 is 0 Å². The Morgan fingerprint density at radius 2 is 1.76 bits per heavy atom. The smallest absolute Gasteiger partial charge is 0.265 e. The summed E-state index contributed by atoms with van der Waals surface area (Å²) in [5.41, 5.74) is 3.06. The lowest BCUT2D eigenvalue weighted by atomic mass is 10.2. The predicted octanol–water partition coefficient (Wildman–Crippen LogP) is 2.84. The summed E-state index contributed by atoms with van der Waals surface area (Å²) in [4.78, 5) is 27.4. The van der Waals surface area contributed by atoms with Gasteiger partial charge < -0.3 is 14.2 Å². The third-order valence-electron chi connectivity index (χ3n) is 5.49. The van der Waals surface area contributed by atoms with Crippen molar-refractivity contribution in [2.24, 2.45) is 5.10 Å². The Balaban J connectivity index is 1.78. The topological polar surface area (TPSA) is 106 Å². The van der Waals surface area contributed by atoms with Gasteiger partial charge in [-0.1, -0.05) is 18.2 Å². The lowest BCUT2D eigenvalue weighted by molar-refractivity contribution is 0.186. The van der Waals surface area contributed by atoms with Gasteiger partial charge in [-0.3, -0.25) is 9.36 Å². The largest absolute Gasteiger partial charge is 0.493 e. The molecule has 10 heteroatoms. The minimum Gasteiger partial charge on any atom is -0.493 e. The highest BCUT2D eigenvalue weighted by molar-refractivity contribution is 6.04. The van der Waals surface area contributed by atoms with E-state index in [0.717, 1.165) is 0 Å². The summed E-state index contributed by atoms with van der Waals surface area (Å²) in [7, 11) is 4.73. The summed E-state index contributed by atoms with van der Waals surface area (Å²) in [6.07, 6.45) is 3.11. The number of nitrogens with zero attached hydrogens (tertiary/aromatic N) is 6. The monoisotopic (exact) mass is 458 g/mol. The first-order chi connectivity index (χ1) is 16.7. The molecule has 0 atom stereocenters. The Kier molecular flexibility index (Phi) is 5.64. The number of rotatable bonds is 7. The van der Waals surface area contributed by atoms with Crippen LogP contribution in [0.5, 0.6) is 11.5 Å². The standard InChI is InChI=1S/C24H22N6O4/c1-32-12-11-29-14-25-22-19(24(29)31)20-23(28-17-9-5-4-8-16(17)27-20)30(22)26-13-15-7-6-10-18(33-2)21(15)34-3/h4-10,13-14H,11-12H2,1-3H3. The van der Waals surface area contributed by atoms with E-state index in [9.17, 15) is 4.79 Å². The zero-order valence-electron chi connectivity index (χ0n) is 18.9. The van der Waals surface area contributed by atoms with Crippen LogP contribution >= 0.6 is 0 Å². The van der Waals surface area contributed by atoms with Crippen LogP contribution in [-0.4, -0.2) is 58.3 Å². The normalized spacial score (nSPS) is 11.7. The van der Waals surface area contributed by atoms with Crippen molar-refractivity contribution in [1.82, 2.24) is 24.2 Å². The second-order valence-electron chi connectivity index (χ2n) is 7.46. The second kappa shape index (κ2) is 8.91. The molecule has 0 saturated heterocycles. The molecule has 34 heavy (non-hydrogen) atoms. The molecule has 0 radical (unpaired) electrons. The minimum atomic E-state index is -0.232. The van der Waals surface area contributed by atoms with Crippen LogP contribution in [0.2, 0.25) is 0 Å². The molecule has 3 heterocycles. The van der Waals surface area contributed by atoms with Gasteiger partial charge in [0.05, 0.1) is 44.6 Å². The summed E-state index contributed by atoms with van der Waals surface area (Å²) in [5.74, 6) is 1.12. The Bertz CT molecular complexity index is 1600. The van der Waals surface area contributed by atoms with Gasteiger partial charge in [0.2, 0.25) is 0 Å². The number of fused-ring (bicyclic) bond motifs is 4. The molecule has 172 valence electrons. The zero-order valence-corrected chi connectivity index (χ0v) is 18.9. The van der Waals surface area contributed by atoms with Crippen molar-refractivity contribution in [3.8, 4) is 11.5 Å². The van der Waals surface area contributed by atoms with Crippen molar-refractivity contribution < 1.29 is 14.2 Å². The molecule has 0 unspecified atom stereocenters. The lowest BCUT2D eigenvalue weighted by Crippen LogP contribution is -2.22. The maximum atomic E-state index is 13.4. The van der Waals surface area contributed by atoms with Gasteiger partial charge in [-0.2, -0.15) is 9.78 Å². The van der Waals surface area contributed by atoms with Crippen LogP contribution in [0, 0.1) is 0 Å². The lowest BCUT2D eigenvalue weighted by Gasteiger charge is -2.09. The molecule has 0 aliphatic rings. The van der Waals surface area contributed by atoms with E-state index in [1.54, 1.807) is 33.6 Å². The maximum absolute atomic E-state index is 13.4. The van der Waals surface area contributed by atoms with Gasteiger partial charge in [-0.05, 0) is 24.3 Å². The summed E-state index contributed by atoms with van der Waals surface area (Å²) in [6.45, 7) is 0.754. The van der Waals surface area contributed by atoms with Crippen LogP contribution in [0.1, 0.15) is 5.56 Å². The molecule has 0 aliphatic carbocycles. The molecule has 5 rings (SSSR count). The Hall–Kier alpha value is -4.31. The highest BCUT2D eigenvalue weighted by atomic mass is 16.5. The summed E-state index contributed by atoms with van der Waals surface area (Å²) < 4.78 is 19.0. The average Bonchev–Trinajstić information content (AvgIpc) is 3.18. The number of benzene rings is 2. The fraction of sp³-hybridized carbons (Fsp3) is 0.208. The molecule has 5 aromatic rings. The molecule has 0 amide bonds. The average molecular weight is 458 g/mol. The molecule has 0 saturated carbocycles. The van der Waals surface area contributed by atoms with Gasteiger partial charge in [-0.15, -0.1) is 0 Å². The van der Waals surface area contributed by atoms with E-state index in [2.05, 4.69) is 10.1 Å². The zero-order chi connectivity index (χ0) is 23.7. The first-order valence-electron chi connectivity index (χ1n) is 10.6. The van der Waals surface area contributed by atoms with E-state index in [0.29, 0.717) is 63.4 Å². The van der Waals surface area contributed by atoms with Crippen LogP contribution in [0.25, 0.3) is 33.2 Å². The van der Waals surface area contributed by atoms with Crippen LogP contribution in [0.3, 0.4) is 0 Å². The molecule has 0 bridgehead atoms. The number of methoxy groups -OCH3 is 3. The number of hydrogen-bond donors (Lipinski definition) is 0. The molecule has 0 aliphatic heterocycles. The second-order valence-corrected chi connectivity index (χ2v) is 7.46. The third-order valence-corrected chi connectivity index (χ3v) is 5.49. The number of hydrogen-bond acceptors (Lipinski definition) is 8. The van der Waals surface area contributed by atoms with E-state index in [1.165, 1.54) is 15.6 Å². The van der Waals surface area contributed by atoms with Crippen LogP contribution in [0.4, 0.5) is 0 Å². The molecule has 0 N–H and O–H groups in total. The SMILES string of the molecule is COCCn1cnc2c(c1=O)c1nc3ccccc3nc1n2N=Cc1cccc(OC)c1OC. The highest BCUT2D eigenvalue weighted by Gasteiger charge is 2.20. The molecule has 2 aromatic carbocycles. The van der Waals surface area contributed by atoms with Crippen molar-refractivity contribution >= 4 is 39.4 Å². The van der Waals surface area contributed by atoms with Crippen molar-refractivity contribution in [3.05, 3.63) is 64.7 Å². The highest BCUT2D eigenvalue weighted by Crippen LogP contribution is 2.30. The van der Waals surface area contributed by atoms with E-state index in [1.807, 2.05) is 36.4 Å². The first-order valence-corrected chi connectivity index (χ1v) is 10.6. The predicted molar refractivity (Wildman–Crippen MR) is 129 cm³/mol. The fourth-order valence-electron chi connectivity index (χ4n) is 3.85. The quantitative estimate of drug-likeness (QED) is 0.345. The van der Waals surface area contributed by atoms with E-state index >= 15 is 0 Å². The van der Waals surface area contributed by atoms with Gasteiger partial charge in [0.1, 0.15) is 17.2 Å². The molecule has 0 spiro atoms. The van der Waals surface area contributed by atoms with Gasteiger partial charge in [0, 0.05) is 12.7 Å². The third kappa shape index (κ3) is 3.54. The van der Waals surface area contributed by atoms with E-state index < -0.39 is 0 Å². The Labute approximate surface area is 194 Å². The van der Waals surface area contributed by atoms with Crippen LogP contribution in [0.15, 0.2) is 58.7 Å². The van der Waals surface area contributed by atoms with Crippen molar-refractivity contribution in [1.29, 1.82) is 0 Å². The van der Waals surface area contributed by atoms with E-state index in [4.69, 9.17) is 24.2 Å². The molecule has 0 fully saturated rings. The van der Waals surface area contributed by atoms with Crippen LogP contribution in [-0.2, 0) is 11.3 Å². The Morgan fingerprint density at radius 3 is 2.50 bits per heavy atom. The molecule has 3 aromatic heterocycles. The summed E-state index contributed by atoms with van der Waals surface area (Å²) >= 11 is 0. The van der Waals surface area contributed by atoms with Crippen molar-refractivity contribution in [2.45, 2.75) is 6.54 Å². The van der Waals surface area contributed by atoms with Gasteiger partial charge in [-0.25, -0.2) is 15.0 Å². The number of ether oxygens (including phenoxy) is 3. The first kappa shape index (κ1) is 21.5. The fourth-order valence-corrected chi connectivity index (χ4v) is 3.85. The molecular formula is C24H22N6O4. The number of aromatic nitrogens is 5. The number of para-hydroxylation sites is 3. The van der Waals surface area contributed by atoms with Gasteiger partial charge in [0.25, 0.3) is 5.56 Å². The van der Waals surface area contributed by atoms with Gasteiger partial charge in [0.15, 0.2) is 22.8 Å². The van der Waals surface area contributed by atoms with Crippen molar-refractivity contribution in [3.63, 3.8) is 0 Å².